The van der Waals surface area contributed by atoms with Gasteiger partial charge < -0.3 is 25.3 Å². The van der Waals surface area contributed by atoms with Gasteiger partial charge in [0.05, 0.1) is 13.7 Å². The van der Waals surface area contributed by atoms with E-state index in [9.17, 15) is 0 Å². The summed E-state index contributed by atoms with van der Waals surface area (Å²) in [6.45, 7) is 3.96. The SMILES string of the molecule is COCCNC(CN)c1cc2c(cc1OC)CC(C)O2. The number of benzene rings is 1. The summed E-state index contributed by atoms with van der Waals surface area (Å²) >= 11 is 0. The molecule has 0 aliphatic carbocycles. The van der Waals surface area contributed by atoms with E-state index in [4.69, 9.17) is 19.9 Å². The first kappa shape index (κ1) is 15.1. The fourth-order valence-corrected chi connectivity index (χ4v) is 2.56. The number of methoxy groups -OCH3 is 2. The number of fused-ring (bicyclic) bond motifs is 1. The van der Waals surface area contributed by atoms with Crippen molar-refractivity contribution in [3.63, 3.8) is 0 Å². The molecule has 0 radical (unpaired) electrons. The highest BCUT2D eigenvalue weighted by molar-refractivity contribution is 5.50. The molecule has 1 aromatic carbocycles. The van der Waals surface area contributed by atoms with Crippen molar-refractivity contribution in [3.05, 3.63) is 23.3 Å². The lowest BCUT2D eigenvalue weighted by molar-refractivity contribution is 0.195. The van der Waals surface area contributed by atoms with Gasteiger partial charge in [-0.25, -0.2) is 0 Å². The van der Waals surface area contributed by atoms with Crippen LogP contribution in [0.15, 0.2) is 12.1 Å². The summed E-state index contributed by atoms with van der Waals surface area (Å²) in [7, 11) is 3.37. The minimum Gasteiger partial charge on any atom is -0.496 e. The third kappa shape index (κ3) is 3.23. The van der Waals surface area contributed by atoms with Crippen molar-refractivity contribution in [2.45, 2.75) is 25.5 Å². The predicted molar refractivity (Wildman–Crippen MR) is 78.5 cm³/mol. The molecule has 2 rings (SSSR count). The summed E-state index contributed by atoms with van der Waals surface area (Å²) in [6, 6.07) is 4.15. The molecule has 0 fully saturated rings. The summed E-state index contributed by atoms with van der Waals surface area (Å²) in [5, 5.41) is 3.38. The number of rotatable bonds is 7. The highest BCUT2D eigenvalue weighted by Gasteiger charge is 2.24. The van der Waals surface area contributed by atoms with Gasteiger partial charge in [0.15, 0.2) is 0 Å². The monoisotopic (exact) mass is 280 g/mol. The first-order valence-corrected chi connectivity index (χ1v) is 6.99. The maximum Gasteiger partial charge on any atom is 0.124 e. The van der Waals surface area contributed by atoms with Gasteiger partial charge in [0.1, 0.15) is 17.6 Å². The van der Waals surface area contributed by atoms with E-state index in [2.05, 4.69) is 24.4 Å². The molecule has 2 atom stereocenters. The van der Waals surface area contributed by atoms with Crippen molar-refractivity contribution in [2.24, 2.45) is 5.73 Å². The molecule has 1 aliphatic rings. The molecular formula is C15H24N2O3. The van der Waals surface area contributed by atoms with Gasteiger partial charge in [0, 0.05) is 43.8 Å². The van der Waals surface area contributed by atoms with Crippen LogP contribution in [-0.4, -0.2) is 40.0 Å². The highest BCUT2D eigenvalue weighted by atomic mass is 16.5. The van der Waals surface area contributed by atoms with E-state index in [1.807, 2.05) is 0 Å². The number of nitrogens with two attached hydrogens (primary N) is 1. The Morgan fingerprint density at radius 1 is 1.45 bits per heavy atom. The van der Waals surface area contributed by atoms with E-state index in [1.165, 1.54) is 5.56 Å². The van der Waals surface area contributed by atoms with Crippen molar-refractivity contribution < 1.29 is 14.2 Å². The fraction of sp³-hybridized carbons (Fsp3) is 0.600. The van der Waals surface area contributed by atoms with Crippen molar-refractivity contribution >= 4 is 0 Å². The summed E-state index contributed by atoms with van der Waals surface area (Å²) < 4.78 is 16.4. The third-order valence-corrected chi connectivity index (χ3v) is 3.56. The van der Waals surface area contributed by atoms with Crippen LogP contribution < -0.4 is 20.5 Å². The largest absolute Gasteiger partial charge is 0.496 e. The smallest absolute Gasteiger partial charge is 0.124 e. The van der Waals surface area contributed by atoms with Crippen LogP contribution >= 0.6 is 0 Å². The number of hydrogen-bond acceptors (Lipinski definition) is 5. The van der Waals surface area contributed by atoms with Gasteiger partial charge in [-0.1, -0.05) is 0 Å². The van der Waals surface area contributed by atoms with Crippen LogP contribution in [0.2, 0.25) is 0 Å². The highest BCUT2D eigenvalue weighted by Crippen LogP contribution is 2.37. The molecule has 112 valence electrons. The molecule has 0 saturated heterocycles. The van der Waals surface area contributed by atoms with Crippen LogP contribution in [0.5, 0.6) is 11.5 Å². The molecule has 5 nitrogen and oxygen atoms in total. The van der Waals surface area contributed by atoms with Crippen LogP contribution in [0.25, 0.3) is 0 Å². The van der Waals surface area contributed by atoms with Crippen LogP contribution in [0.4, 0.5) is 0 Å². The van der Waals surface area contributed by atoms with E-state index in [1.54, 1.807) is 14.2 Å². The van der Waals surface area contributed by atoms with Crippen molar-refractivity contribution in [2.75, 3.05) is 33.9 Å². The van der Waals surface area contributed by atoms with Crippen LogP contribution in [0.1, 0.15) is 24.1 Å². The third-order valence-electron chi connectivity index (χ3n) is 3.56. The summed E-state index contributed by atoms with van der Waals surface area (Å²) in [5.41, 5.74) is 8.12. The van der Waals surface area contributed by atoms with E-state index >= 15 is 0 Å². The molecule has 1 aromatic rings. The number of ether oxygens (including phenoxy) is 3. The lowest BCUT2D eigenvalue weighted by atomic mass is 10.0. The lowest BCUT2D eigenvalue weighted by Gasteiger charge is -2.20. The molecule has 2 unspecified atom stereocenters. The van der Waals surface area contributed by atoms with Gasteiger partial charge in [-0.2, -0.15) is 0 Å². The van der Waals surface area contributed by atoms with Gasteiger partial charge in [-0.05, 0) is 19.1 Å². The predicted octanol–water partition coefficient (Wildman–Crippen LogP) is 1.25. The second-order valence-electron chi connectivity index (χ2n) is 5.07. The van der Waals surface area contributed by atoms with E-state index in [-0.39, 0.29) is 12.1 Å². The number of nitrogens with one attached hydrogen (secondary N) is 1. The molecule has 0 spiro atoms. The second kappa shape index (κ2) is 6.92. The molecule has 5 heteroatoms. The van der Waals surface area contributed by atoms with Gasteiger partial charge in [-0.3, -0.25) is 0 Å². The molecule has 1 aliphatic heterocycles. The maximum atomic E-state index is 5.88. The Morgan fingerprint density at radius 2 is 2.25 bits per heavy atom. The standard InChI is InChI=1S/C15H24N2O3/c1-10-6-11-7-15(19-3)12(8-14(11)20-10)13(9-16)17-4-5-18-2/h7-8,10,13,17H,4-6,9,16H2,1-3H3. The number of hydrogen-bond donors (Lipinski definition) is 2. The molecule has 20 heavy (non-hydrogen) atoms. The Bertz CT molecular complexity index is 451. The average molecular weight is 280 g/mol. The first-order valence-electron chi connectivity index (χ1n) is 6.99. The topological polar surface area (TPSA) is 65.7 Å². The molecule has 0 amide bonds. The molecule has 0 saturated carbocycles. The summed E-state index contributed by atoms with van der Waals surface area (Å²) in [6.07, 6.45) is 1.15. The summed E-state index contributed by atoms with van der Waals surface area (Å²) in [5.74, 6) is 1.81. The Labute approximate surface area is 120 Å². The van der Waals surface area contributed by atoms with Gasteiger partial charge in [0.25, 0.3) is 0 Å². The average Bonchev–Trinajstić information content (AvgIpc) is 2.81. The van der Waals surface area contributed by atoms with Crippen LogP contribution in [0, 0.1) is 0 Å². The van der Waals surface area contributed by atoms with Gasteiger partial charge in [-0.15, -0.1) is 0 Å². The van der Waals surface area contributed by atoms with Crippen molar-refractivity contribution in [1.29, 1.82) is 0 Å². The van der Waals surface area contributed by atoms with E-state index < -0.39 is 0 Å². The molecule has 0 bridgehead atoms. The molecule has 3 N–H and O–H groups in total. The van der Waals surface area contributed by atoms with Gasteiger partial charge >= 0.3 is 0 Å². The quantitative estimate of drug-likeness (QED) is 0.736. The van der Waals surface area contributed by atoms with Crippen LogP contribution in [-0.2, 0) is 11.2 Å². The Hall–Kier alpha value is -1.30. The Balaban J connectivity index is 2.22. The molecular weight excluding hydrogens is 256 g/mol. The Morgan fingerprint density at radius 3 is 2.90 bits per heavy atom. The zero-order chi connectivity index (χ0) is 14.5. The minimum absolute atomic E-state index is 0.0323. The fourth-order valence-electron chi connectivity index (χ4n) is 2.56. The Kier molecular flexibility index (Phi) is 5.23. The lowest BCUT2D eigenvalue weighted by Crippen LogP contribution is -2.31. The van der Waals surface area contributed by atoms with Gasteiger partial charge in [0.2, 0.25) is 0 Å². The zero-order valence-corrected chi connectivity index (χ0v) is 12.4. The maximum absolute atomic E-state index is 5.88. The van der Waals surface area contributed by atoms with Crippen molar-refractivity contribution in [3.8, 4) is 11.5 Å². The normalized spacial score (nSPS) is 18.5. The minimum atomic E-state index is 0.0323. The second-order valence-corrected chi connectivity index (χ2v) is 5.07. The zero-order valence-electron chi connectivity index (χ0n) is 12.4. The van der Waals surface area contributed by atoms with Crippen molar-refractivity contribution in [1.82, 2.24) is 5.32 Å². The molecule has 0 aromatic heterocycles. The van der Waals surface area contributed by atoms with Crippen LogP contribution in [0.3, 0.4) is 0 Å². The first-order chi connectivity index (χ1) is 9.69. The van der Waals surface area contributed by atoms with E-state index in [0.717, 1.165) is 30.0 Å². The molecule has 1 heterocycles. The van der Waals surface area contributed by atoms with E-state index in [0.29, 0.717) is 13.2 Å². The summed E-state index contributed by atoms with van der Waals surface area (Å²) in [4.78, 5) is 0.